The SMILES string of the molecule is CC(C)(CNC(=O)c1cccc(S(=O)(=O)NCc2cccs2)c1)N1CCc2ccccc2C1. The van der Waals surface area contributed by atoms with Crippen molar-refractivity contribution in [3.05, 3.63) is 87.6 Å². The largest absolute Gasteiger partial charge is 0.350 e. The fourth-order valence-electron chi connectivity index (χ4n) is 3.99. The molecule has 3 aromatic rings. The summed E-state index contributed by atoms with van der Waals surface area (Å²) in [4.78, 5) is 16.2. The molecule has 0 spiro atoms. The molecule has 6 nitrogen and oxygen atoms in total. The van der Waals surface area contributed by atoms with Crippen LogP contribution >= 0.6 is 11.3 Å². The molecule has 0 fully saturated rings. The van der Waals surface area contributed by atoms with E-state index in [2.05, 4.69) is 53.1 Å². The molecule has 2 heterocycles. The van der Waals surface area contributed by atoms with Gasteiger partial charge in [0.2, 0.25) is 10.0 Å². The lowest BCUT2D eigenvalue weighted by atomic mass is 9.94. The van der Waals surface area contributed by atoms with E-state index in [1.165, 1.54) is 34.6 Å². The molecule has 0 saturated carbocycles. The van der Waals surface area contributed by atoms with E-state index >= 15 is 0 Å². The Morgan fingerprint density at radius 1 is 1.06 bits per heavy atom. The van der Waals surface area contributed by atoms with E-state index in [9.17, 15) is 13.2 Å². The summed E-state index contributed by atoms with van der Waals surface area (Å²) in [5.74, 6) is -0.282. The summed E-state index contributed by atoms with van der Waals surface area (Å²) < 4.78 is 28.0. The number of carbonyl (C=O) groups is 1. The number of amides is 1. The van der Waals surface area contributed by atoms with Crippen molar-refractivity contribution < 1.29 is 13.2 Å². The molecule has 0 atom stereocenters. The van der Waals surface area contributed by atoms with Gasteiger partial charge in [-0.2, -0.15) is 0 Å². The molecule has 2 aromatic carbocycles. The molecule has 0 unspecified atom stereocenters. The van der Waals surface area contributed by atoms with Crippen LogP contribution < -0.4 is 10.0 Å². The number of thiophene rings is 1. The van der Waals surface area contributed by atoms with Crippen molar-refractivity contribution in [1.82, 2.24) is 14.9 Å². The van der Waals surface area contributed by atoms with Gasteiger partial charge >= 0.3 is 0 Å². The maximum Gasteiger partial charge on any atom is 0.251 e. The number of nitrogens with zero attached hydrogens (tertiary/aromatic N) is 1. The highest BCUT2D eigenvalue weighted by Crippen LogP contribution is 2.25. The number of nitrogens with one attached hydrogen (secondary N) is 2. The number of hydrogen-bond acceptors (Lipinski definition) is 5. The number of fused-ring (bicyclic) bond motifs is 1. The van der Waals surface area contributed by atoms with Crippen molar-refractivity contribution in [3.8, 4) is 0 Å². The molecule has 0 bridgehead atoms. The minimum atomic E-state index is -3.71. The monoisotopic (exact) mass is 483 g/mol. The van der Waals surface area contributed by atoms with Gasteiger partial charge in [0.15, 0.2) is 0 Å². The molecule has 33 heavy (non-hydrogen) atoms. The molecule has 1 aliphatic rings. The van der Waals surface area contributed by atoms with Gasteiger partial charge < -0.3 is 5.32 Å². The highest BCUT2D eigenvalue weighted by Gasteiger charge is 2.30. The van der Waals surface area contributed by atoms with Gasteiger partial charge in [-0.15, -0.1) is 11.3 Å². The molecule has 1 aromatic heterocycles. The van der Waals surface area contributed by atoms with Crippen LogP contribution in [0.15, 0.2) is 70.9 Å². The summed E-state index contributed by atoms with van der Waals surface area (Å²) in [7, 11) is -3.71. The molecule has 8 heteroatoms. The second-order valence-electron chi connectivity index (χ2n) is 8.87. The topological polar surface area (TPSA) is 78.5 Å². The molecule has 4 rings (SSSR count). The molecule has 0 saturated heterocycles. The third kappa shape index (κ3) is 5.70. The van der Waals surface area contributed by atoms with Crippen LogP contribution in [0.2, 0.25) is 0 Å². The lowest BCUT2D eigenvalue weighted by molar-refractivity contribution is 0.0826. The highest BCUT2D eigenvalue weighted by molar-refractivity contribution is 7.89. The van der Waals surface area contributed by atoms with Crippen LogP contribution in [0.25, 0.3) is 0 Å². The minimum Gasteiger partial charge on any atom is -0.350 e. The van der Waals surface area contributed by atoms with Gasteiger partial charge in [-0.25, -0.2) is 13.1 Å². The second kappa shape index (κ2) is 9.77. The van der Waals surface area contributed by atoms with Crippen molar-refractivity contribution >= 4 is 27.3 Å². The lowest BCUT2D eigenvalue weighted by Crippen LogP contribution is -2.53. The predicted molar refractivity (Wildman–Crippen MR) is 132 cm³/mol. The van der Waals surface area contributed by atoms with E-state index in [1.807, 2.05) is 17.5 Å². The van der Waals surface area contributed by atoms with Gasteiger partial charge in [-0.1, -0.05) is 36.4 Å². The van der Waals surface area contributed by atoms with Crippen molar-refractivity contribution in [1.29, 1.82) is 0 Å². The maximum atomic E-state index is 12.9. The summed E-state index contributed by atoms with van der Waals surface area (Å²) in [6, 6.07) is 18.4. The van der Waals surface area contributed by atoms with Crippen LogP contribution in [0.1, 0.15) is 40.2 Å². The molecule has 0 radical (unpaired) electrons. The fourth-order valence-corrected chi connectivity index (χ4v) is 5.78. The Balaban J connectivity index is 1.38. The minimum absolute atomic E-state index is 0.0820. The van der Waals surface area contributed by atoms with Crippen LogP contribution in [0, 0.1) is 0 Å². The molecule has 2 N–H and O–H groups in total. The zero-order valence-electron chi connectivity index (χ0n) is 18.9. The van der Waals surface area contributed by atoms with Gasteiger partial charge in [-0.05, 0) is 61.0 Å². The van der Waals surface area contributed by atoms with Gasteiger partial charge in [0, 0.05) is 42.2 Å². The molecular weight excluding hydrogens is 454 g/mol. The van der Waals surface area contributed by atoms with Crippen molar-refractivity contribution in [2.75, 3.05) is 13.1 Å². The number of benzene rings is 2. The first kappa shape index (κ1) is 23.6. The zero-order chi connectivity index (χ0) is 23.5. The Bertz CT molecular complexity index is 1220. The molecule has 1 aliphatic heterocycles. The Kier molecular flexibility index (Phi) is 6.99. The van der Waals surface area contributed by atoms with E-state index in [1.54, 1.807) is 12.1 Å². The number of rotatable bonds is 8. The first-order chi connectivity index (χ1) is 15.7. The lowest BCUT2D eigenvalue weighted by Gasteiger charge is -2.41. The van der Waals surface area contributed by atoms with Crippen molar-refractivity contribution in [2.45, 2.75) is 43.8 Å². The van der Waals surface area contributed by atoms with Crippen LogP contribution in [-0.4, -0.2) is 37.9 Å². The van der Waals surface area contributed by atoms with E-state index in [0.29, 0.717) is 12.1 Å². The highest BCUT2D eigenvalue weighted by atomic mass is 32.2. The Labute approximate surface area is 199 Å². The van der Waals surface area contributed by atoms with E-state index in [0.717, 1.165) is 24.4 Å². The van der Waals surface area contributed by atoms with Crippen molar-refractivity contribution in [2.24, 2.45) is 0 Å². The van der Waals surface area contributed by atoms with Crippen LogP contribution in [0.5, 0.6) is 0 Å². The van der Waals surface area contributed by atoms with Crippen molar-refractivity contribution in [3.63, 3.8) is 0 Å². The van der Waals surface area contributed by atoms with Crippen LogP contribution in [-0.2, 0) is 29.5 Å². The molecular formula is C25H29N3O3S2. The molecule has 174 valence electrons. The summed E-state index contributed by atoms with van der Waals surface area (Å²) >= 11 is 1.49. The molecule has 0 aliphatic carbocycles. The van der Waals surface area contributed by atoms with Gasteiger partial charge in [0.05, 0.1) is 4.90 Å². The number of carbonyl (C=O) groups excluding carboxylic acids is 1. The summed E-state index contributed by atoms with van der Waals surface area (Å²) in [6.07, 6.45) is 0.992. The first-order valence-corrected chi connectivity index (χ1v) is 13.3. The summed E-state index contributed by atoms with van der Waals surface area (Å²) in [5.41, 5.74) is 2.80. The number of hydrogen-bond donors (Lipinski definition) is 2. The summed E-state index contributed by atoms with van der Waals surface area (Å²) in [5, 5.41) is 4.90. The quantitative estimate of drug-likeness (QED) is 0.511. The molecule has 1 amide bonds. The van der Waals surface area contributed by atoms with E-state index in [4.69, 9.17) is 0 Å². The normalized spacial score (nSPS) is 14.6. The third-order valence-electron chi connectivity index (χ3n) is 6.09. The maximum absolute atomic E-state index is 12.9. The Morgan fingerprint density at radius 3 is 2.61 bits per heavy atom. The van der Waals surface area contributed by atoms with E-state index < -0.39 is 10.0 Å². The van der Waals surface area contributed by atoms with E-state index in [-0.39, 0.29) is 22.9 Å². The summed E-state index contributed by atoms with van der Waals surface area (Å²) in [6.45, 7) is 6.71. The Morgan fingerprint density at radius 2 is 1.85 bits per heavy atom. The van der Waals surface area contributed by atoms with Crippen LogP contribution in [0.3, 0.4) is 0 Å². The average molecular weight is 484 g/mol. The number of sulfonamides is 1. The second-order valence-corrected chi connectivity index (χ2v) is 11.7. The fraction of sp³-hybridized carbons (Fsp3) is 0.320. The first-order valence-electron chi connectivity index (χ1n) is 11.0. The smallest absolute Gasteiger partial charge is 0.251 e. The Hall–Kier alpha value is -2.52. The van der Waals surface area contributed by atoms with Gasteiger partial charge in [-0.3, -0.25) is 9.69 Å². The predicted octanol–water partition coefficient (Wildman–Crippen LogP) is 3.79. The van der Waals surface area contributed by atoms with Gasteiger partial charge in [0.1, 0.15) is 0 Å². The standard InChI is InChI=1S/C25H29N3O3S2/c1-25(2,28-13-12-19-7-3-4-8-21(19)17-28)18-26-24(29)20-9-5-11-23(15-20)33(30,31)27-16-22-10-6-14-32-22/h3-11,14-15,27H,12-13,16-18H2,1-2H3,(H,26,29). The third-order valence-corrected chi connectivity index (χ3v) is 8.37. The van der Waals surface area contributed by atoms with Crippen LogP contribution in [0.4, 0.5) is 0 Å². The zero-order valence-corrected chi connectivity index (χ0v) is 20.5. The van der Waals surface area contributed by atoms with Gasteiger partial charge in [0.25, 0.3) is 5.91 Å². The average Bonchev–Trinajstić information content (AvgIpc) is 3.35.